The number of carbonyl (C=O) groups excluding carboxylic acids is 3. The van der Waals surface area contributed by atoms with Crippen LogP contribution in [-0.2, 0) is 33.6 Å². The van der Waals surface area contributed by atoms with Crippen LogP contribution < -0.4 is 21.7 Å². The monoisotopic (exact) mass is 504 g/mol. The fraction of sp³-hybridized carbons (Fsp3) is 0.650. The van der Waals surface area contributed by atoms with E-state index in [1.54, 1.807) is 6.92 Å². The molecule has 0 aliphatic rings. The van der Waals surface area contributed by atoms with Crippen LogP contribution in [0.1, 0.15) is 58.3 Å². The van der Waals surface area contributed by atoms with Gasteiger partial charge in [-0.3, -0.25) is 19.2 Å². The third-order valence-corrected chi connectivity index (χ3v) is 4.80. The molecule has 0 heterocycles. The molecule has 0 rings (SSSR count). The molecule has 15 heteroatoms. The zero-order valence-electron chi connectivity index (χ0n) is 19.2. The lowest BCUT2D eigenvalue weighted by atomic mass is 10.1. The van der Waals surface area contributed by atoms with Gasteiger partial charge in [0.2, 0.25) is 17.7 Å². The lowest BCUT2D eigenvalue weighted by Crippen LogP contribution is -2.45. The predicted octanol–water partition coefficient (Wildman–Crippen LogP) is -1.75. The van der Waals surface area contributed by atoms with E-state index in [0.717, 1.165) is 0 Å². The summed E-state index contributed by atoms with van der Waals surface area (Å²) < 4.78 is 0. The molecule has 0 saturated heterocycles. The summed E-state index contributed by atoms with van der Waals surface area (Å²) in [6.07, 6.45) is -1.47. The number of rotatable bonds is 18. The van der Waals surface area contributed by atoms with Crippen molar-refractivity contribution >= 4 is 41.6 Å². The molecule has 4 atom stereocenters. The van der Waals surface area contributed by atoms with Gasteiger partial charge < -0.3 is 42.1 Å². The molecule has 0 aromatic carbocycles. The Morgan fingerprint density at radius 3 is 1.17 bits per heavy atom. The van der Waals surface area contributed by atoms with Gasteiger partial charge in [-0.25, -0.2) is 14.4 Å². The highest BCUT2D eigenvalue weighted by Crippen LogP contribution is 2.05. The smallest absolute Gasteiger partial charge is 0.326 e. The molecule has 0 bridgehead atoms. The van der Waals surface area contributed by atoms with E-state index in [1.165, 1.54) is 0 Å². The van der Waals surface area contributed by atoms with E-state index in [-0.39, 0.29) is 38.5 Å². The van der Waals surface area contributed by atoms with Crippen molar-refractivity contribution in [3.05, 3.63) is 0 Å². The summed E-state index contributed by atoms with van der Waals surface area (Å²) in [5.41, 5.74) is 5.27. The lowest BCUT2D eigenvalue weighted by molar-refractivity contribution is -0.144. The first-order valence-corrected chi connectivity index (χ1v) is 10.8. The summed E-state index contributed by atoms with van der Waals surface area (Å²) in [5, 5.41) is 42.8. The van der Waals surface area contributed by atoms with E-state index in [2.05, 4.69) is 16.0 Å². The molecule has 0 radical (unpaired) electrons. The summed E-state index contributed by atoms with van der Waals surface area (Å²) in [4.78, 5) is 80.4. The van der Waals surface area contributed by atoms with Crippen LogP contribution in [0.4, 0.5) is 0 Å². The Morgan fingerprint density at radius 1 is 0.571 bits per heavy atom. The van der Waals surface area contributed by atoms with Crippen molar-refractivity contribution in [3.8, 4) is 0 Å². The predicted molar refractivity (Wildman–Crippen MR) is 117 cm³/mol. The fourth-order valence-corrected chi connectivity index (χ4v) is 2.82. The van der Waals surface area contributed by atoms with Crippen LogP contribution in [0.25, 0.3) is 0 Å². The lowest BCUT2D eigenvalue weighted by Gasteiger charge is -2.18. The van der Waals surface area contributed by atoms with Crippen molar-refractivity contribution in [3.63, 3.8) is 0 Å². The third kappa shape index (κ3) is 13.5. The maximum atomic E-state index is 12.1. The van der Waals surface area contributed by atoms with Crippen molar-refractivity contribution in [2.45, 2.75) is 82.5 Å². The van der Waals surface area contributed by atoms with Gasteiger partial charge in [0.1, 0.15) is 24.2 Å². The second-order valence-electron chi connectivity index (χ2n) is 7.72. The van der Waals surface area contributed by atoms with Crippen molar-refractivity contribution in [2.75, 3.05) is 0 Å². The van der Waals surface area contributed by atoms with E-state index < -0.39 is 72.2 Å². The quantitative estimate of drug-likeness (QED) is 0.103. The number of amides is 3. The molecule has 35 heavy (non-hydrogen) atoms. The highest BCUT2D eigenvalue weighted by Gasteiger charge is 2.26. The summed E-state index contributed by atoms with van der Waals surface area (Å²) >= 11 is 0. The zero-order chi connectivity index (χ0) is 27.1. The summed E-state index contributed by atoms with van der Waals surface area (Å²) in [6, 6.07) is -5.40. The van der Waals surface area contributed by atoms with E-state index in [9.17, 15) is 43.8 Å². The number of nitrogens with one attached hydrogen (secondary N) is 3. The summed E-state index contributed by atoms with van der Waals surface area (Å²) in [6.45, 7) is 1.73. The molecule has 0 aliphatic heterocycles. The molecule has 9 N–H and O–H groups in total. The Labute approximate surface area is 200 Å². The first-order chi connectivity index (χ1) is 16.3. The average molecular weight is 504 g/mol. The van der Waals surface area contributed by atoms with Gasteiger partial charge in [0.05, 0.1) is 0 Å². The second-order valence-corrected chi connectivity index (χ2v) is 7.72. The normalized spacial score (nSPS) is 14.0. The van der Waals surface area contributed by atoms with Gasteiger partial charge in [-0.2, -0.15) is 0 Å². The molecule has 3 amide bonds. The van der Waals surface area contributed by atoms with Gasteiger partial charge in [0, 0.05) is 19.3 Å². The molecule has 0 aromatic heterocycles. The Hall–Kier alpha value is -3.75. The van der Waals surface area contributed by atoms with Crippen LogP contribution in [-0.4, -0.2) is 86.2 Å². The molecule has 15 nitrogen and oxygen atoms in total. The number of carbonyl (C=O) groups is 7. The molecule has 198 valence electrons. The van der Waals surface area contributed by atoms with Crippen molar-refractivity contribution in [1.29, 1.82) is 0 Å². The molecule has 0 aromatic rings. The van der Waals surface area contributed by atoms with Gasteiger partial charge >= 0.3 is 23.9 Å². The summed E-state index contributed by atoms with van der Waals surface area (Å²) in [7, 11) is 0. The minimum absolute atomic E-state index is 0.188. The summed E-state index contributed by atoms with van der Waals surface area (Å²) in [5.74, 6) is -7.80. The molecule has 0 fully saturated rings. The SMILES string of the molecule is CCC[C@H](NC(=O)CC[C@H](NC(=O)CC[C@H](NC(=O)CC[C@H](N)C(=O)O)C(=O)O)C(=O)O)C(=O)O. The zero-order valence-corrected chi connectivity index (χ0v) is 19.2. The van der Waals surface area contributed by atoms with Gasteiger partial charge in [0.15, 0.2) is 0 Å². The highest BCUT2D eigenvalue weighted by atomic mass is 16.4. The van der Waals surface area contributed by atoms with Gasteiger partial charge in [0.25, 0.3) is 0 Å². The Kier molecular flexibility index (Phi) is 14.3. The van der Waals surface area contributed by atoms with Gasteiger partial charge in [-0.05, 0) is 25.7 Å². The standard InChI is InChI=1S/C20H32N4O11/c1-2-3-11(18(30)31)22-15(26)8-5-13(20(34)35)24-16(27)9-6-12(19(32)33)23-14(25)7-4-10(21)17(28)29/h10-13H,2-9,21H2,1H3,(H,22,26)(H,23,25)(H,24,27)(H,28,29)(H,30,31)(H,32,33)(H,34,35)/t10-,11-,12-,13-/m0/s1. The number of nitrogens with two attached hydrogens (primary N) is 1. The number of hydrogen-bond donors (Lipinski definition) is 8. The molecule has 0 unspecified atom stereocenters. The number of hydrogen-bond acceptors (Lipinski definition) is 8. The van der Waals surface area contributed by atoms with Crippen LogP contribution in [0.2, 0.25) is 0 Å². The van der Waals surface area contributed by atoms with Crippen LogP contribution >= 0.6 is 0 Å². The molecular weight excluding hydrogens is 472 g/mol. The average Bonchev–Trinajstić information content (AvgIpc) is 2.76. The number of carboxylic acids is 4. The topological polar surface area (TPSA) is 263 Å². The van der Waals surface area contributed by atoms with E-state index in [0.29, 0.717) is 6.42 Å². The van der Waals surface area contributed by atoms with E-state index in [4.69, 9.17) is 15.9 Å². The number of aliphatic carboxylic acids is 4. The minimum atomic E-state index is -1.49. The van der Waals surface area contributed by atoms with Crippen molar-refractivity contribution in [1.82, 2.24) is 16.0 Å². The highest BCUT2D eigenvalue weighted by molar-refractivity contribution is 5.87. The first kappa shape index (κ1) is 31.2. The minimum Gasteiger partial charge on any atom is -0.480 e. The van der Waals surface area contributed by atoms with Crippen molar-refractivity contribution in [2.24, 2.45) is 5.73 Å². The Bertz CT molecular complexity index is 802. The Balaban J connectivity index is 4.73. The maximum Gasteiger partial charge on any atom is 0.326 e. The maximum absolute atomic E-state index is 12.1. The van der Waals surface area contributed by atoms with Crippen LogP contribution in [0.15, 0.2) is 0 Å². The molecular formula is C20H32N4O11. The van der Waals surface area contributed by atoms with Crippen LogP contribution in [0, 0.1) is 0 Å². The number of carboxylic acid groups (broad SMARTS) is 4. The Morgan fingerprint density at radius 2 is 0.886 bits per heavy atom. The van der Waals surface area contributed by atoms with Crippen LogP contribution in [0.3, 0.4) is 0 Å². The van der Waals surface area contributed by atoms with E-state index >= 15 is 0 Å². The fourth-order valence-electron chi connectivity index (χ4n) is 2.82. The van der Waals surface area contributed by atoms with Crippen LogP contribution in [0.5, 0.6) is 0 Å². The van der Waals surface area contributed by atoms with Gasteiger partial charge in [-0.1, -0.05) is 13.3 Å². The van der Waals surface area contributed by atoms with E-state index in [1.807, 2.05) is 0 Å². The molecule has 0 saturated carbocycles. The first-order valence-electron chi connectivity index (χ1n) is 10.8. The van der Waals surface area contributed by atoms with Gasteiger partial charge in [-0.15, -0.1) is 0 Å². The largest absolute Gasteiger partial charge is 0.480 e. The van der Waals surface area contributed by atoms with Crippen molar-refractivity contribution < 1.29 is 54.0 Å². The molecule has 0 spiro atoms. The molecule has 0 aliphatic carbocycles. The second kappa shape index (κ2) is 16.0. The third-order valence-electron chi connectivity index (χ3n) is 4.80.